The average Bonchev–Trinajstić information content (AvgIpc) is 2.93. The second-order valence-corrected chi connectivity index (χ2v) is 7.98. The van der Waals surface area contributed by atoms with Crippen molar-refractivity contribution >= 4 is 33.4 Å². The molecule has 0 spiro atoms. The Morgan fingerprint density at radius 2 is 1.75 bits per heavy atom. The Morgan fingerprint density at radius 3 is 2.29 bits per heavy atom. The third-order valence-electron chi connectivity index (χ3n) is 4.90. The molecule has 144 valence electrons. The summed E-state index contributed by atoms with van der Waals surface area (Å²) in [6.45, 7) is 8.13. The molecule has 2 aromatic carbocycles. The molecule has 1 amide bonds. The predicted molar refractivity (Wildman–Crippen MR) is 114 cm³/mol. The number of aliphatic hydroxyl groups excluding tert-OH is 1. The standard InChI is InChI=1S/C23H22BrNO3/c1-4-13-25-20(16-7-5-15(6-8-16)14(2)3)19(22(27)23(25)28)21(26)17-9-11-18(24)12-10-17/h4-12,14,20,26H,1,13H2,2-3H3/b21-19+. The van der Waals surface area contributed by atoms with E-state index in [4.69, 9.17) is 0 Å². The summed E-state index contributed by atoms with van der Waals surface area (Å²) < 4.78 is 0.858. The summed E-state index contributed by atoms with van der Waals surface area (Å²) in [5.74, 6) is -1.11. The van der Waals surface area contributed by atoms with Crippen LogP contribution in [0.1, 0.15) is 42.5 Å². The quantitative estimate of drug-likeness (QED) is 0.302. The number of amides is 1. The van der Waals surface area contributed by atoms with Crippen LogP contribution >= 0.6 is 15.9 Å². The van der Waals surface area contributed by atoms with E-state index in [1.165, 1.54) is 4.90 Å². The number of benzene rings is 2. The molecule has 1 atom stereocenters. The molecule has 4 nitrogen and oxygen atoms in total. The summed E-state index contributed by atoms with van der Waals surface area (Å²) >= 11 is 3.36. The highest BCUT2D eigenvalue weighted by Gasteiger charge is 2.45. The second-order valence-electron chi connectivity index (χ2n) is 7.07. The number of Topliss-reactive ketones (excluding diaryl/α,β-unsaturated/α-hetero) is 1. The molecule has 28 heavy (non-hydrogen) atoms. The SMILES string of the molecule is C=CCN1C(=O)C(=O)/C(=C(/O)c2ccc(Br)cc2)C1c1ccc(C(C)C)cc1. The van der Waals surface area contributed by atoms with Gasteiger partial charge in [-0.25, -0.2) is 0 Å². The lowest BCUT2D eigenvalue weighted by Crippen LogP contribution is -2.29. The summed E-state index contributed by atoms with van der Waals surface area (Å²) in [7, 11) is 0. The number of hydrogen-bond donors (Lipinski definition) is 1. The maximum absolute atomic E-state index is 12.8. The molecule has 1 fully saturated rings. The molecule has 1 unspecified atom stereocenters. The van der Waals surface area contributed by atoms with E-state index in [0.29, 0.717) is 11.5 Å². The first-order valence-corrected chi connectivity index (χ1v) is 9.89. The highest BCUT2D eigenvalue weighted by molar-refractivity contribution is 9.10. The van der Waals surface area contributed by atoms with E-state index in [1.807, 2.05) is 24.3 Å². The Labute approximate surface area is 173 Å². The van der Waals surface area contributed by atoms with Gasteiger partial charge in [-0.1, -0.05) is 72.3 Å². The second kappa shape index (κ2) is 8.15. The summed E-state index contributed by atoms with van der Waals surface area (Å²) in [4.78, 5) is 26.9. The number of aliphatic hydroxyl groups is 1. The first-order valence-electron chi connectivity index (χ1n) is 9.10. The van der Waals surface area contributed by atoms with Crippen LogP contribution in [0.5, 0.6) is 0 Å². The van der Waals surface area contributed by atoms with Gasteiger partial charge in [0.25, 0.3) is 11.7 Å². The van der Waals surface area contributed by atoms with Gasteiger partial charge in [-0.05, 0) is 29.2 Å². The monoisotopic (exact) mass is 439 g/mol. The van der Waals surface area contributed by atoms with Gasteiger partial charge in [0.05, 0.1) is 11.6 Å². The van der Waals surface area contributed by atoms with E-state index in [0.717, 1.165) is 15.6 Å². The Morgan fingerprint density at radius 1 is 1.14 bits per heavy atom. The molecule has 1 heterocycles. The Hall–Kier alpha value is -2.66. The molecule has 2 aromatic rings. The molecule has 0 bridgehead atoms. The van der Waals surface area contributed by atoms with Crippen molar-refractivity contribution < 1.29 is 14.7 Å². The van der Waals surface area contributed by atoms with E-state index in [-0.39, 0.29) is 17.9 Å². The van der Waals surface area contributed by atoms with E-state index in [9.17, 15) is 14.7 Å². The highest BCUT2D eigenvalue weighted by atomic mass is 79.9. The number of nitrogens with zero attached hydrogens (tertiary/aromatic N) is 1. The van der Waals surface area contributed by atoms with E-state index in [2.05, 4.69) is 36.4 Å². The minimum absolute atomic E-state index is 0.103. The summed E-state index contributed by atoms with van der Waals surface area (Å²) in [5, 5.41) is 10.9. The van der Waals surface area contributed by atoms with Crippen LogP contribution in [0.25, 0.3) is 5.76 Å². The van der Waals surface area contributed by atoms with Crippen molar-refractivity contribution in [2.75, 3.05) is 6.54 Å². The van der Waals surface area contributed by atoms with Crippen molar-refractivity contribution in [1.82, 2.24) is 4.90 Å². The molecule has 1 saturated heterocycles. The Bertz CT molecular complexity index is 943. The number of hydrogen-bond acceptors (Lipinski definition) is 3. The van der Waals surface area contributed by atoms with Gasteiger partial charge in [0.15, 0.2) is 0 Å². The molecular weight excluding hydrogens is 418 g/mol. The molecular formula is C23H22BrNO3. The van der Waals surface area contributed by atoms with Gasteiger partial charge < -0.3 is 10.0 Å². The third kappa shape index (κ3) is 3.67. The molecule has 0 aromatic heterocycles. The van der Waals surface area contributed by atoms with Crippen molar-refractivity contribution in [2.24, 2.45) is 0 Å². The lowest BCUT2D eigenvalue weighted by atomic mass is 9.93. The molecule has 1 aliphatic rings. The topological polar surface area (TPSA) is 57.6 Å². The number of ketones is 1. The third-order valence-corrected chi connectivity index (χ3v) is 5.43. The fourth-order valence-electron chi connectivity index (χ4n) is 3.38. The Kier molecular flexibility index (Phi) is 5.84. The molecule has 1 N–H and O–H groups in total. The Balaban J connectivity index is 2.15. The molecule has 0 radical (unpaired) electrons. The van der Waals surface area contributed by atoms with Crippen LogP contribution in [0.15, 0.2) is 71.2 Å². The number of likely N-dealkylation sites (tertiary alicyclic amines) is 1. The van der Waals surface area contributed by atoms with Crippen molar-refractivity contribution in [3.8, 4) is 0 Å². The van der Waals surface area contributed by atoms with Crippen LogP contribution in [0.3, 0.4) is 0 Å². The molecule has 3 rings (SSSR count). The zero-order chi connectivity index (χ0) is 20.4. The van der Waals surface area contributed by atoms with Crippen LogP contribution in [0, 0.1) is 0 Å². The van der Waals surface area contributed by atoms with Gasteiger partial charge in [0.2, 0.25) is 0 Å². The van der Waals surface area contributed by atoms with Gasteiger partial charge in [0.1, 0.15) is 5.76 Å². The zero-order valence-electron chi connectivity index (χ0n) is 15.9. The number of carbonyl (C=O) groups is 2. The first kappa shape index (κ1) is 20.1. The van der Waals surface area contributed by atoms with Crippen molar-refractivity contribution in [2.45, 2.75) is 25.8 Å². The molecule has 1 aliphatic heterocycles. The number of rotatable bonds is 5. The van der Waals surface area contributed by atoms with E-state index < -0.39 is 17.7 Å². The van der Waals surface area contributed by atoms with E-state index >= 15 is 0 Å². The normalized spacial score (nSPS) is 18.7. The molecule has 0 aliphatic carbocycles. The van der Waals surface area contributed by atoms with Crippen LogP contribution in [-0.2, 0) is 9.59 Å². The van der Waals surface area contributed by atoms with Crippen LogP contribution in [0.4, 0.5) is 0 Å². The lowest BCUT2D eigenvalue weighted by Gasteiger charge is -2.24. The maximum Gasteiger partial charge on any atom is 0.295 e. The number of carbonyl (C=O) groups excluding carboxylic acids is 2. The van der Waals surface area contributed by atoms with Crippen molar-refractivity contribution in [1.29, 1.82) is 0 Å². The summed E-state index contributed by atoms with van der Waals surface area (Å²) in [6.07, 6.45) is 1.58. The van der Waals surface area contributed by atoms with E-state index in [1.54, 1.807) is 30.3 Å². The predicted octanol–water partition coefficient (Wildman–Crippen LogP) is 5.18. The van der Waals surface area contributed by atoms with Crippen LogP contribution in [0.2, 0.25) is 0 Å². The van der Waals surface area contributed by atoms with Gasteiger partial charge in [-0.15, -0.1) is 6.58 Å². The summed E-state index contributed by atoms with van der Waals surface area (Å²) in [5.41, 5.74) is 2.54. The minimum atomic E-state index is -0.680. The average molecular weight is 440 g/mol. The summed E-state index contributed by atoms with van der Waals surface area (Å²) in [6, 6.07) is 14.1. The first-order chi connectivity index (χ1) is 13.3. The van der Waals surface area contributed by atoms with Crippen molar-refractivity contribution in [3.05, 3.63) is 87.9 Å². The van der Waals surface area contributed by atoms with Gasteiger partial charge in [-0.3, -0.25) is 9.59 Å². The van der Waals surface area contributed by atoms with Gasteiger partial charge in [0, 0.05) is 16.6 Å². The van der Waals surface area contributed by atoms with Crippen LogP contribution < -0.4 is 0 Å². The molecule has 5 heteroatoms. The fourth-order valence-corrected chi connectivity index (χ4v) is 3.64. The smallest absolute Gasteiger partial charge is 0.295 e. The highest BCUT2D eigenvalue weighted by Crippen LogP contribution is 2.39. The van der Waals surface area contributed by atoms with Gasteiger partial charge >= 0.3 is 0 Å². The molecule has 0 saturated carbocycles. The van der Waals surface area contributed by atoms with Crippen molar-refractivity contribution in [3.63, 3.8) is 0 Å². The lowest BCUT2D eigenvalue weighted by molar-refractivity contribution is -0.139. The number of halogens is 1. The zero-order valence-corrected chi connectivity index (χ0v) is 17.4. The van der Waals surface area contributed by atoms with Gasteiger partial charge in [-0.2, -0.15) is 0 Å². The minimum Gasteiger partial charge on any atom is -0.507 e. The van der Waals surface area contributed by atoms with Crippen LogP contribution in [-0.4, -0.2) is 28.2 Å². The fraction of sp³-hybridized carbons (Fsp3) is 0.217. The largest absolute Gasteiger partial charge is 0.507 e. The maximum atomic E-state index is 12.8.